The fourth-order valence-electron chi connectivity index (χ4n) is 5.59. The summed E-state index contributed by atoms with van der Waals surface area (Å²) in [6.45, 7) is 13.3. The molecule has 5 heteroatoms. The quantitative estimate of drug-likeness (QED) is 0.359. The zero-order chi connectivity index (χ0) is 23.6. The van der Waals surface area contributed by atoms with Crippen molar-refractivity contribution in [2.24, 2.45) is 23.7 Å². The monoisotopic (exact) mass is 466 g/mol. The molecule has 1 aromatic rings. The maximum Gasteiger partial charge on any atom is 0.336 e. The fourth-order valence-corrected chi connectivity index (χ4v) is 8.12. The average molecular weight is 467 g/mol. The van der Waals surface area contributed by atoms with Crippen LogP contribution >= 0.6 is 7.60 Å². The van der Waals surface area contributed by atoms with E-state index in [4.69, 9.17) is 9.05 Å². The van der Waals surface area contributed by atoms with Crippen molar-refractivity contribution in [3.05, 3.63) is 35.6 Å². The van der Waals surface area contributed by atoms with E-state index in [-0.39, 0.29) is 12.0 Å². The molecular formula is C27H44FO3P. The number of benzene rings is 1. The zero-order valence-corrected chi connectivity index (χ0v) is 21.9. The van der Waals surface area contributed by atoms with Crippen molar-refractivity contribution < 1.29 is 18.0 Å². The van der Waals surface area contributed by atoms with Gasteiger partial charge in [-0.1, -0.05) is 39.8 Å². The molecule has 0 spiro atoms. The predicted molar refractivity (Wildman–Crippen MR) is 130 cm³/mol. The SMILES string of the molecule is CC(C)C1CCC(C)(OP(=O)(Cc2ccc(F)cc2)OC2(C)CCC(C(C)C)CC2)CC1. The molecule has 0 aromatic heterocycles. The van der Waals surface area contributed by atoms with Crippen LogP contribution in [0.5, 0.6) is 0 Å². The Morgan fingerprint density at radius 1 is 0.844 bits per heavy atom. The third kappa shape index (κ3) is 6.90. The van der Waals surface area contributed by atoms with E-state index in [0.29, 0.717) is 23.7 Å². The van der Waals surface area contributed by atoms with E-state index in [0.717, 1.165) is 56.9 Å². The van der Waals surface area contributed by atoms with Gasteiger partial charge in [0.1, 0.15) is 5.82 Å². The van der Waals surface area contributed by atoms with E-state index in [1.807, 2.05) is 0 Å². The number of halogens is 1. The van der Waals surface area contributed by atoms with Gasteiger partial charge in [-0.3, -0.25) is 4.57 Å². The van der Waals surface area contributed by atoms with E-state index in [2.05, 4.69) is 41.5 Å². The summed E-state index contributed by atoms with van der Waals surface area (Å²) < 4.78 is 40.8. The summed E-state index contributed by atoms with van der Waals surface area (Å²) in [5, 5.41) is 0. The van der Waals surface area contributed by atoms with Crippen LogP contribution < -0.4 is 0 Å². The van der Waals surface area contributed by atoms with Gasteiger partial charge in [0.25, 0.3) is 0 Å². The van der Waals surface area contributed by atoms with Crippen molar-refractivity contribution in [3.8, 4) is 0 Å². The molecular weight excluding hydrogens is 422 g/mol. The van der Waals surface area contributed by atoms with Crippen LogP contribution in [-0.4, -0.2) is 11.2 Å². The molecule has 0 saturated heterocycles. The summed E-state index contributed by atoms with van der Waals surface area (Å²) in [6, 6.07) is 6.24. The van der Waals surface area contributed by atoms with Gasteiger partial charge in [0.05, 0.1) is 17.4 Å². The van der Waals surface area contributed by atoms with Crippen LogP contribution in [0.25, 0.3) is 0 Å². The summed E-state index contributed by atoms with van der Waals surface area (Å²) in [5.74, 6) is 2.44. The Balaban J connectivity index is 1.77. The van der Waals surface area contributed by atoms with Crippen LogP contribution in [-0.2, 0) is 19.8 Å². The lowest BCUT2D eigenvalue weighted by molar-refractivity contribution is -0.0314. The van der Waals surface area contributed by atoms with E-state index in [9.17, 15) is 8.96 Å². The molecule has 3 nitrogen and oxygen atoms in total. The minimum absolute atomic E-state index is 0.194. The number of hydrogen-bond donors (Lipinski definition) is 0. The second-order valence-electron chi connectivity index (χ2n) is 11.6. The summed E-state index contributed by atoms with van der Waals surface area (Å²) in [6.07, 6.45) is 8.18. The van der Waals surface area contributed by atoms with Crippen molar-refractivity contribution in [3.63, 3.8) is 0 Å². The van der Waals surface area contributed by atoms with Crippen molar-refractivity contribution in [1.29, 1.82) is 0 Å². The van der Waals surface area contributed by atoms with Crippen molar-refractivity contribution >= 4 is 7.60 Å². The first-order valence-corrected chi connectivity index (χ1v) is 14.4. The molecule has 0 atom stereocenters. The van der Waals surface area contributed by atoms with Gasteiger partial charge >= 0.3 is 7.60 Å². The molecule has 0 heterocycles. The highest BCUT2D eigenvalue weighted by atomic mass is 31.2. The molecule has 0 radical (unpaired) electrons. The molecule has 0 N–H and O–H groups in total. The van der Waals surface area contributed by atoms with Gasteiger partial charge in [0, 0.05) is 0 Å². The fraction of sp³-hybridized carbons (Fsp3) is 0.778. The molecule has 0 unspecified atom stereocenters. The van der Waals surface area contributed by atoms with Gasteiger partial charge in [0.2, 0.25) is 0 Å². The molecule has 0 aliphatic heterocycles. The predicted octanol–water partition coefficient (Wildman–Crippen LogP) is 8.76. The summed E-state index contributed by atoms with van der Waals surface area (Å²) in [4.78, 5) is 0. The Kier molecular flexibility index (Phi) is 8.33. The van der Waals surface area contributed by atoms with Crippen LogP contribution in [0.3, 0.4) is 0 Å². The van der Waals surface area contributed by atoms with E-state index < -0.39 is 18.8 Å². The second-order valence-corrected chi connectivity index (χ2v) is 13.5. The first-order valence-electron chi connectivity index (χ1n) is 12.7. The van der Waals surface area contributed by atoms with Crippen molar-refractivity contribution in [1.82, 2.24) is 0 Å². The maximum atomic E-state index is 14.3. The van der Waals surface area contributed by atoms with E-state index >= 15 is 0 Å². The van der Waals surface area contributed by atoms with Crippen molar-refractivity contribution in [2.45, 2.75) is 110 Å². The van der Waals surface area contributed by atoms with Gasteiger partial charge in [-0.15, -0.1) is 0 Å². The third-order valence-electron chi connectivity index (χ3n) is 8.07. The molecule has 182 valence electrons. The van der Waals surface area contributed by atoms with Gasteiger partial charge in [-0.25, -0.2) is 4.39 Å². The first kappa shape index (κ1) is 25.9. The maximum absolute atomic E-state index is 14.3. The smallest absolute Gasteiger partial charge is 0.302 e. The lowest BCUT2D eigenvalue weighted by Gasteiger charge is -2.44. The Hall–Kier alpha value is -0.700. The summed E-state index contributed by atoms with van der Waals surface area (Å²) >= 11 is 0. The molecule has 3 rings (SSSR count). The summed E-state index contributed by atoms with van der Waals surface area (Å²) in [5.41, 5.74) is -0.0764. The molecule has 2 aliphatic rings. The van der Waals surface area contributed by atoms with Gasteiger partial charge < -0.3 is 9.05 Å². The number of hydrogen-bond acceptors (Lipinski definition) is 3. The third-order valence-corrected chi connectivity index (χ3v) is 10.3. The highest BCUT2D eigenvalue weighted by molar-refractivity contribution is 7.53. The van der Waals surface area contributed by atoms with Crippen LogP contribution in [0.1, 0.15) is 98.5 Å². The van der Waals surface area contributed by atoms with E-state index in [1.54, 1.807) is 12.1 Å². The molecule has 2 saturated carbocycles. The van der Waals surface area contributed by atoms with Crippen LogP contribution in [0.15, 0.2) is 24.3 Å². The highest BCUT2D eigenvalue weighted by Crippen LogP contribution is 2.61. The van der Waals surface area contributed by atoms with Crippen molar-refractivity contribution in [2.75, 3.05) is 0 Å². The van der Waals surface area contributed by atoms with Crippen LogP contribution in [0.4, 0.5) is 4.39 Å². The Bertz CT molecular complexity index is 733. The van der Waals surface area contributed by atoms with Gasteiger partial charge in [-0.2, -0.15) is 0 Å². The Labute approximate surface area is 195 Å². The average Bonchev–Trinajstić information content (AvgIpc) is 2.69. The Morgan fingerprint density at radius 3 is 1.56 bits per heavy atom. The van der Waals surface area contributed by atoms with Crippen LogP contribution in [0, 0.1) is 29.5 Å². The lowest BCUT2D eigenvalue weighted by atomic mass is 9.75. The van der Waals surface area contributed by atoms with Crippen LogP contribution in [0.2, 0.25) is 0 Å². The molecule has 0 amide bonds. The topological polar surface area (TPSA) is 35.5 Å². The standard InChI is InChI=1S/C27H44FO3P/c1-20(2)23-11-15-26(5,16-12-23)30-32(29,19-22-7-9-25(28)10-8-22)31-27(6)17-13-24(14-18-27)21(3)4/h7-10,20-21,23-24H,11-19H2,1-6H3. The Morgan fingerprint density at radius 2 is 1.22 bits per heavy atom. The lowest BCUT2D eigenvalue weighted by Crippen LogP contribution is -2.38. The van der Waals surface area contributed by atoms with Gasteiger partial charge in [-0.05, 0) is 107 Å². The summed E-state index contributed by atoms with van der Waals surface area (Å²) in [7, 11) is -3.43. The molecule has 0 bridgehead atoms. The minimum atomic E-state index is -3.43. The molecule has 1 aromatic carbocycles. The minimum Gasteiger partial charge on any atom is -0.302 e. The zero-order valence-electron chi connectivity index (χ0n) is 21.0. The first-order chi connectivity index (χ1) is 14.9. The number of rotatable bonds is 8. The normalized spacial score (nSPS) is 33.4. The molecule has 32 heavy (non-hydrogen) atoms. The van der Waals surface area contributed by atoms with E-state index in [1.165, 1.54) is 12.1 Å². The largest absolute Gasteiger partial charge is 0.336 e. The molecule has 2 fully saturated rings. The highest BCUT2D eigenvalue weighted by Gasteiger charge is 2.45. The molecule has 2 aliphatic carbocycles. The van der Waals surface area contributed by atoms with Gasteiger partial charge in [0.15, 0.2) is 0 Å². The second kappa shape index (κ2) is 10.3.